The molecule has 112 valence electrons. The van der Waals surface area contributed by atoms with Crippen molar-refractivity contribution in [2.24, 2.45) is 0 Å². The minimum absolute atomic E-state index is 0.0622. The Bertz CT molecular complexity index is 557. The summed E-state index contributed by atoms with van der Waals surface area (Å²) < 4.78 is 5.00. The van der Waals surface area contributed by atoms with E-state index >= 15 is 0 Å². The number of carboxylic acid groups (broad SMARTS) is 1. The maximum atomic E-state index is 11.6. The number of ether oxygens (including phenoxy) is 1. The van der Waals surface area contributed by atoms with E-state index in [9.17, 15) is 9.59 Å². The number of aliphatic carboxylic acids is 1. The second-order valence-corrected chi connectivity index (χ2v) is 5.26. The smallest absolute Gasteiger partial charge is 0.408 e. The Morgan fingerprint density at radius 1 is 1.43 bits per heavy atom. The Morgan fingerprint density at radius 2 is 2.10 bits per heavy atom. The van der Waals surface area contributed by atoms with Gasteiger partial charge in [0.05, 0.1) is 5.69 Å². The van der Waals surface area contributed by atoms with E-state index in [1.165, 1.54) is 12.1 Å². The average molecular weight is 292 g/mol. The van der Waals surface area contributed by atoms with Gasteiger partial charge in [0.2, 0.25) is 0 Å². The molecule has 0 aromatic carbocycles. The van der Waals surface area contributed by atoms with Crippen LogP contribution in [0.15, 0.2) is 12.1 Å². The summed E-state index contributed by atoms with van der Waals surface area (Å²) in [6, 6.07) is 3.53. The molecule has 0 fully saturated rings. The molecule has 1 aromatic heterocycles. The molecule has 8 heteroatoms. The molecule has 1 amide bonds. The van der Waals surface area contributed by atoms with E-state index in [0.29, 0.717) is 5.69 Å². The van der Waals surface area contributed by atoms with Crippen LogP contribution in [0, 0.1) is 11.3 Å². The van der Waals surface area contributed by atoms with E-state index in [0.717, 1.165) is 0 Å². The molecule has 1 atom stereocenters. The number of nitrogens with one attached hydrogen (secondary N) is 1. The number of alkyl carbamates (subject to hydrolysis) is 1. The number of amides is 1. The molecule has 21 heavy (non-hydrogen) atoms. The summed E-state index contributed by atoms with van der Waals surface area (Å²) in [5, 5.41) is 27.3. The Labute approximate surface area is 121 Å². The van der Waals surface area contributed by atoms with E-state index in [-0.39, 0.29) is 12.1 Å². The second kappa shape index (κ2) is 6.65. The predicted molar refractivity (Wildman–Crippen MR) is 71.2 cm³/mol. The zero-order valence-corrected chi connectivity index (χ0v) is 12.0. The predicted octanol–water partition coefficient (Wildman–Crippen LogP) is 0.869. The quantitative estimate of drug-likeness (QED) is 0.843. The molecular weight excluding hydrogens is 276 g/mol. The van der Waals surface area contributed by atoms with E-state index in [2.05, 4.69) is 15.5 Å². The normalized spacial score (nSPS) is 12.1. The van der Waals surface area contributed by atoms with Crippen molar-refractivity contribution in [2.45, 2.75) is 38.8 Å². The Balaban J connectivity index is 2.72. The molecule has 1 heterocycles. The summed E-state index contributed by atoms with van der Waals surface area (Å²) in [7, 11) is 0. The molecule has 2 N–H and O–H groups in total. The molecule has 8 nitrogen and oxygen atoms in total. The molecule has 0 saturated carbocycles. The molecule has 0 saturated heterocycles. The van der Waals surface area contributed by atoms with Gasteiger partial charge in [-0.05, 0) is 32.9 Å². The van der Waals surface area contributed by atoms with Gasteiger partial charge in [0.15, 0.2) is 5.69 Å². The summed E-state index contributed by atoms with van der Waals surface area (Å²) >= 11 is 0. The highest BCUT2D eigenvalue weighted by atomic mass is 16.6. The van der Waals surface area contributed by atoms with Crippen LogP contribution in [0.25, 0.3) is 0 Å². The van der Waals surface area contributed by atoms with Crippen molar-refractivity contribution >= 4 is 12.1 Å². The summed E-state index contributed by atoms with van der Waals surface area (Å²) in [5.74, 6) is -1.22. The van der Waals surface area contributed by atoms with Crippen molar-refractivity contribution in [1.29, 1.82) is 5.26 Å². The van der Waals surface area contributed by atoms with Gasteiger partial charge in [0, 0.05) is 6.42 Å². The van der Waals surface area contributed by atoms with Gasteiger partial charge in [0.1, 0.15) is 17.7 Å². The Hall–Kier alpha value is -2.69. The third-order valence-corrected chi connectivity index (χ3v) is 2.24. The number of hydrogen-bond donors (Lipinski definition) is 2. The molecule has 0 aliphatic heterocycles. The lowest BCUT2D eigenvalue weighted by Crippen LogP contribution is -2.44. The standard InChI is InChI=1S/C13H16N4O4/c1-13(2,3)21-12(20)15-10(11(18)19)6-8-4-5-9(7-14)17-16-8/h4-5,10H,6H2,1-3H3,(H,15,20)(H,18,19). The van der Waals surface area contributed by atoms with Crippen molar-refractivity contribution in [3.8, 4) is 6.07 Å². The van der Waals surface area contributed by atoms with Crippen LogP contribution < -0.4 is 5.32 Å². The molecule has 0 spiro atoms. The van der Waals surface area contributed by atoms with E-state index in [4.69, 9.17) is 15.1 Å². The highest BCUT2D eigenvalue weighted by Gasteiger charge is 2.24. The van der Waals surface area contributed by atoms with Crippen LogP contribution in [0.1, 0.15) is 32.2 Å². The first kappa shape index (κ1) is 16.4. The average Bonchev–Trinajstić information content (AvgIpc) is 2.36. The summed E-state index contributed by atoms with van der Waals surface area (Å²) in [6.45, 7) is 5.03. The lowest BCUT2D eigenvalue weighted by molar-refractivity contribution is -0.139. The lowest BCUT2D eigenvalue weighted by atomic mass is 10.1. The minimum atomic E-state index is -1.22. The second-order valence-electron chi connectivity index (χ2n) is 5.26. The lowest BCUT2D eigenvalue weighted by Gasteiger charge is -2.21. The highest BCUT2D eigenvalue weighted by molar-refractivity contribution is 5.80. The fourth-order valence-electron chi connectivity index (χ4n) is 1.39. The van der Waals surface area contributed by atoms with Crippen molar-refractivity contribution in [2.75, 3.05) is 0 Å². The monoisotopic (exact) mass is 292 g/mol. The molecule has 0 bridgehead atoms. The number of nitrogens with zero attached hydrogens (tertiary/aromatic N) is 3. The van der Waals surface area contributed by atoms with E-state index < -0.39 is 23.7 Å². The van der Waals surface area contributed by atoms with Gasteiger partial charge in [0.25, 0.3) is 0 Å². The van der Waals surface area contributed by atoms with Crippen LogP contribution in [-0.2, 0) is 16.0 Å². The van der Waals surface area contributed by atoms with Crippen molar-refractivity contribution < 1.29 is 19.4 Å². The van der Waals surface area contributed by atoms with E-state index in [1.807, 2.05) is 6.07 Å². The first-order valence-corrected chi connectivity index (χ1v) is 6.16. The van der Waals surface area contributed by atoms with Crippen LogP contribution in [0.2, 0.25) is 0 Å². The highest BCUT2D eigenvalue weighted by Crippen LogP contribution is 2.08. The SMILES string of the molecule is CC(C)(C)OC(=O)NC(Cc1ccc(C#N)nn1)C(=O)O. The fourth-order valence-corrected chi connectivity index (χ4v) is 1.39. The maximum Gasteiger partial charge on any atom is 0.408 e. The number of carbonyl (C=O) groups excluding carboxylic acids is 1. The van der Waals surface area contributed by atoms with Gasteiger partial charge in [-0.25, -0.2) is 9.59 Å². The molecule has 1 aromatic rings. The maximum absolute atomic E-state index is 11.6. The van der Waals surface area contributed by atoms with Gasteiger partial charge >= 0.3 is 12.1 Å². The first-order chi connectivity index (χ1) is 9.71. The number of carbonyl (C=O) groups is 2. The zero-order chi connectivity index (χ0) is 16.0. The number of nitriles is 1. The fraction of sp³-hybridized carbons (Fsp3) is 0.462. The van der Waals surface area contributed by atoms with Gasteiger partial charge < -0.3 is 15.2 Å². The zero-order valence-electron chi connectivity index (χ0n) is 12.0. The topological polar surface area (TPSA) is 125 Å². The summed E-state index contributed by atoms with van der Waals surface area (Å²) in [6.07, 6.45) is -0.885. The van der Waals surface area contributed by atoms with Crippen LogP contribution in [0.3, 0.4) is 0 Å². The molecule has 0 aliphatic carbocycles. The summed E-state index contributed by atoms with van der Waals surface area (Å²) in [5.41, 5.74) is -0.246. The first-order valence-electron chi connectivity index (χ1n) is 6.16. The number of hydrogen-bond acceptors (Lipinski definition) is 6. The summed E-state index contributed by atoms with van der Waals surface area (Å²) in [4.78, 5) is 22.7. The number of carboxylic acids is 1. The van der Waals surface area contributed by atoms with Crippen molar-refractivity contribution in [1.82, 2.24) is 15.5 Å². The third-order valence-electron chi connectivity index (χ3n) is 2.24. The largest absolute Gasteiger partial charge is 0.480 e. The van der Waals surface area contributed by atoms with Gasteiger partial charge in [-0.2, -0.15) is 10.4 Å². The number of rotatable bonds is 4. The van der Waals surface area contributed by atoms with Crippen LogP contribution in [-0.4, -0.2) is 39.0 Å². The molecule has 1 rings (SSSR count). The van der Waals surface area contributed by atoms with Crippen LogP contribution in [0.4, 0.5) is 4.79 Å². The van der Waals surface area contributed by atoms with Crippen LogP contribution in [0.5, 0.6) is 0 Å². The van der Waals surface area contributed by atoms with Crippen LogP contribution >= 0.6 is 0 Å². The molecular formula is C13H16N4O4. The number of aromatic nitrogens is 2. The van der Waals surface area contributed by atoms with Gasteiger partial charge in [-0.1, -0.05) is 0 Å². The van der Waals surface area contributed by atoms with Gasteiger partial charge in [-0.15, -0.1) is 5.10 Å². The van der Waals surface area contributed by atoms with Crippen molar-refractivity contribution in [3.05, 3.63) is 23.5 Å². The van der Waals surface area contributed by atoms with Gasteiger partial charge in [-0.3, -0.25) is 0 Å². The minimum Gasteiger partial charge on any atom is -0.480 e. The Kier molecular flexibility index (Phi) is 5.18. The van der Waals surface area contributed by atoms with E-state index in [1.54, 1.807) is 20.8 Å². The molecule has 1 unspecified atom stereocenters. The Morgan fingerprint density at radius 3 is 2.52 bits per heavy atom. The third kappa shape index (κ3) is 5.86. The van der Waals surface area contributed by atoms with Crippen molar-refractivity contribution in [3.63, 3.8) is 0 Å². The molecule has 0 radical (unpaired) electrons. The molecule has 0 aliphatic rings.